The Hall–Kier alpha value is -2.49. The number of hydrogen-bond acceptors (Lipinski definition) is 1. The van der Waals surface area contributed by atoms with Crippen molar-refractivity contribution in [3.8, 4) is 0 Å². The van der Waals surface area contributed by atoms with Crippen LogP contribution < -0.4 is 4.90 Å². The summed E-state index contributed by atoms with van der Waals surface area (Å²) in [6.45, 7) is 14.7. The van der Waals surface area contributed by atoms with Crippen molar-refractivity contribution in [3.05, 3.63) is 76.3 Å². The predicted octanol–water partition coefficient (Wildman–Crippen LogP) is 7.97. The van der Waals surface area contributed by atoms with Crippen molar-refractivity contribution in [2.24, 2.45) is 0 Å². The molecule has 3 aromatic carbocycles. The molecule has 0 aromatic heterocycles. The third-order valence-corrected chi connectivity index (χ3v) is 6.23. The van der Waals surface area contributed by atoms with Crippen LogP contribution in [0.4, 0.5) is 18.9 Å². The van der Waals surface area contributed by atoms with Crippen LogP contribution in [0.3, 0.4) is 0 Å². The Morgan fingerprint density at radius 2 is 1.10 bits per heavy atom. The van der Waals surface area contributed by atoms with Crippen LogP contribution >= 0.6 is 0 Å². The second kappa shape index (κ2) is 7.01. The molecule has 1 aliphatic rings. The van der Waals surface area contributed by atoms with E-state index >= 15 is 0 Å². The Balaban J connectivity index is 1.85. The Labute approximate surface area is 182 Å². The maximum atomic E-state index is 13.0. The van der Waals surface area contributed by atoms with Crippen molar-refractivity contribution in [1.82, 2.24) is 0 Å². The third kappa shape index (κ3) is 4.17. The fourth-order valence-electron chi connectivity index (χ4n) is 4.33. The van der Waals surface area contributed by atoms with Gasteiger partial charge in [-0.3, -0.25) is 0 Å². The molecular formula is C27H30F3N. The van der Waals surface area contributed by atoms with E-state index in [4.69, 9.17) is 0 Å². The van der Waals surface area contributed by atoms with Crippen LogP contribution in [-0.2, 0) is 30.1 Å². The van der Waals surface area contributed by atoms with Crippen molar-refractivity contribution < 1.29 is 13.2 Å². The lowest BCUT2D eigenvalue weighted by molar-refractivity contribution is -0.137. The van der Waals surface area contributed by atoms with Gasteiger partial charge >= 0.3 is 6.18 Å². The molecule has 164 valence electrons. The molecule has 0 bridgehead atoms. The number of anilines is 1. The molecule has 0 unspecified atom stereocenters. The molecule has 1 nitrogen and oxygen atoms in total. The number of halogens is 3. The van der Waals surface area contributed by atoms with Gasteiger partial charge in [-0.2, -0.15) is 13.2 Å². The van der Waals surface area contributed by atoms with Crippen molar-refractivity contribution in [2.45, 2.75) is 71.6 Å². The fourth-order valence-corrected chi connectivity index (χ4v) is 4.33. The van der Waals surface area contributed by atoms with Gasteiger partial charge in [0.05, 0.1) is 5.56 Å². The molecule has 0 saturated heterocycles. The monoisotopic (exact) mass is 425 g/mol. The van der Waals surface area contributed by atoms with E-state index in [-0.39, 0.29) is 10.8 Å². The van der Waals surface area contributed by atoms with Crippen molar-refractivity contribution >= 4 is 16.5 Å². The standard InChI is InChI=1S/C27H30F3N/c1-25(2,3)21-11-17-12-22(26(4,5)6)14-19-16-31(15-18(13-21)24(17)19)23-9-7-20(8-10-23)27(28,29)30/h7-14H,15-16H2,1-6H3. The molecule has 3 aromatic rings. The summed E-state index contributed by atoms with van der Waals surface area (Å²) in [5, 5.41) is 2.56. The van der Waals surface area contributed by atoms with Gasteiger partial charge in [-0.25, -0.2) is 0 Å². The van der Waals surface area contributed by atoms with Gasteiger partial charge in [0.15, 0.2) is 0 Å². The number of hydrogen-bond donors (Lipinski definition) is 0. The van der Waals surface area contributed by atoms with E-state index in [0.717, 1.165) is 5.69 Å². The number of rotatable bonds is 1. The first-order valence-electron chi connectivity index (χ1n) is 10.8. The maximum Gasteiger partial charge on any atom is 0.416 e. The Kier molecular flexibility index (Phi) is 4.92. The summed E-state index contributed by atoms with van der Waals surface area (Å²) in [6, 6.07) is 14.7. The minimum absolute atomic E-state index is 0.0131. The van der Waals surface area contributed by atoms with Crippen LogP contribution in [0.25, 0.3) is 10.8 Å². The zero-order chi connectivity index (χ0) is 22.8. The van der Waals surface area contributed by atoms with Crippen molar-refractivity contribution in [3.63, 3.8) is 0 Å². The van der Waals surface area contributed by atoms with Gasteiger partial charge in [-0.05, 0) is 68.1 Å². The summed E-state index contributed by atoms with van der Waals surface area (Å²) in [5.41, 5.74) is 5.27. The summed E-state index contributed by atoms with van der Waals surface area (Å²) in [4.78, 5) is 2.18. The van der Waals surface area contributed by atoms with Gasteiger partial charge in [0.25, 0.3) is 0 Å². The van der Waals surface area contributed by atoms with E-state index in [1.807, 2.05) is 0 Å². The van der Waals surface area contributed by atoms with Gasteiger partial charge < -0.3 is 4.90 Å². The second-order valence-corrected chi connectivity index (χ2v) is 10.8. The highest BCUT2D eigenvalue weighted by molar-refractivity contribution is 5.92. The molecule has 31 heavy (non-hydrogen) atoms. The molecule has 1 heterocycles. The fraction of sp³-hybridized carbons (Fsp3) is 0.407. The lowest BCUT2D eigenvalue weighted by atomic mass is 9.79. The molecule has 0 amide bonds. The summed E-state index contributed by atoms with van der Waals surface area (Å²) in [5.74, 6) is 0. The highest BCUT2D eigenvalue weighted by Gasteiger charge is 2.31. The average Bonchev–Trinajstić information content (AvgIpc) is 2.65. The zero-order valence-corrected chi connectivity index (χ0v) is 19.1. The predicted molar refractivity (Wildman–Crippen MR) is 123 cm³/mol. The number of nitrogens with zero attached hydrogens (tertiary/aromatic N) is 1. The summed E-state index contributed by atoms with van der Waals surface area (Å²) in [7, 11) is 0. The van der Waals surface area contributed by atoms with Crippen LogP contribution in [0, 0.1) is 0 Å². The van der Waals surface area contributed by atoms with Crippen molar-refractivity contribution in [2.75, 3.05) is 4.90 Å². The number of alkyl halides is 3. The van der Waals surface area contributed by atoms with Crippen LogP contribution in [0.2, 0.25) is 0 Å². The van der Waals surface area contributed by atoms with E-state index in [1.54, 1.807) is 12.1 Å². The Morgan fingerprint density at radius 3 is 1.48 bits per heavy atom. The molecular weight excluding hydrogens is 395 g/mol. The van der Waals surface area contributed by atoms with Gasteiger partial charge in [0.2, 0.25) is 0 Å². The van der Waals surface area contributed by atoms with E-state index < -0.39 is 11.7 Å². The number of benzene rings is 3. The minimum atomic E-state index is -4.32. The molecule has 0 spiro atoms. The zero-order valence-electron chi connectivity index (χ0n) is 19.1. The van der Waals surface area contributed by atoms with Gasteiger partial charge in [-0.1, -0.05) is 65.8 Å². The topological polar surface area (TPSA) is 3.24 Å². The molecule has 0 atom stereocenters. The molecule has 0 fully saturated rings. The summed E-state index contributed by atoms with van der Waals surface area (Å²) >= 11 is 0. The molecule has 0 aliphatic carbocycles. The Bertz CT molecular complexity index is 1070. The summed E-state index contributed by atoms with van der Waals surface area (Å²) < 4.78 is 39.0. The van der Waals surface area contributed by atoms with Crippen LogP contribution in [-0.4, -0.2) is 0 Å². The first kappa shape index (κ1) is 21.7. The highest BCUT2D eigenvalue weighted by atomic mass is 19.4. The van der Waals surface area contributed by atoms with E-state index in [2.05, 4.69) is 70.7 Å². The normalized spacial score (nSPS) is 14.9. The average molecular weight is 426 g/mol. The van der Waals surface area contributed by atoms with E-state index in [0.29, 0.717) is 13.1 Å². The maximum absolute atomic E-state index is 13.0. The first-order chi connectivity index (χ1) is 14.2. The van der Waals surface area contributed by atoms with Crippen LogP contribution in [0.5, 0.6) is 0 Å². The summed E-state index contributed by atoms with van der Waals surface area (Å²) in [6.07, 6.45) is -4.32. The Morgan fingerprint density at radius 1 is 0.645 bits per heavy atom. The molecule has 4 rings (SSSR count). The van der Waals surface area contributed by atoms with Gasteiger partial charge in [-0.15, -0.1) is 0 Å². The van der Waals surface area contributed by atoms with E-state index in [1.165, 1.54) is 45.2 Å². The van der Waals surface area contributed by atoms with Crippen LogP contribution in [0.1, 0.15) is 69.4 Å². The van der Waals surface area contributed by atoms with Crippen LogP contribution in [0.15, 0.2) is 48.5 Å². The third-order valence-electron chi connectivity index (χ3n) is 6.23. The molecule has 4 heteroatoms. The molecule has 0 N–H and O–H groups in total. The lowest BCUT2D eigenvalue weighted by Crippen LogP contribution is -2.27. The van der Waals surface area contributed by atoms with Crippen molar-refractivity contribution in [1.29, 1.82) is 0 Å². The smallest absolute Gasteiger partial charge is 0.363 e. The highest BCUT2D eigenvalue weighted by Crippen LogP contribution is 2.39. The first-order valence-corrected chi connectivity index (χ1v) is 10.8. The van der Waals surface area contributed by atoms with E-state index in [9.17, 15) is 13.2 Å². The van der Waals surface area contributed by atoms with Gasteiger partial charge in [0, 0.05) is 18.8 Å². The SMILES string of the molecule is CC(C)(C)c1cc2c3c(cc(C(C)(C)C)cc3c1)CN(c1ccc(C(F)(F)F)cc1)C2. The lowest BCUT2D eigenvalue weighted by Gasteiger charge is -2.34. The molecule has 1 aliphatic heterocycles. The quantitative estimate of drug-likeness (QED) is 0.382. The molecule has 0 radical (unpaired) electrons. The van der Waals surface area contributed by atoms with Gasteiger partial charge in [0.1, 0.15) is 0 Å². The minimum Gasteiger partial charge on any atom is -0.363 e. The largest absolute Gasteiger partial charge is 0.416 e. The second-order valence-electron chi connectivity index (χ2n) is 10.8. The molecule has 0 saturated carbocycles.